The number of amides is 1. The summed E-state index contributed by atoms with van der Waals surface area (Å²) in [6.07, 6.45) is 1.27. The molecule has 134 valence electrons. The van der Waals surface area contributed by atoms with Crippen LogP contribution in [-0.4, -0.2) is 41.7 Å². The number of carbonyl (C=O) groups is 1. The van der Waals surface area contributed by atoms with Gasteiger partial charge in [-0.05, 0) is 50.3 Å². The number of aromatic amines is 1. The van der Waals surface area contributed by atoms with Gasteiger partial charge in [-0.2, -0.15) is 0 Å². The SMILES string of the molecule is COc1ccc2cc(CN(C(=O)[C@H]3CCCO3)C(C)C)c(=O)[nH]c2c1. The van der Waals surface area contributed by atoms with Gasteiger partial charge < -0.3 is 19.4 Å². The molecule has 0 bridgehead atoms. The zero-order valence-corrected chi connectivity index (χ0v) is 14.9. The molecule has 25 heavy (non-hydrogen) atoms. The molecule has 0 radical (unpaired) electrons. The summed E-state index contributed by atoms with van der Waals surface area (Å²) in [5.41, 5.74) is 1.10. The van der Waals surface area contributed by atoms with Gasteiger partial charge in [0.2, 0.25) is 0 Å². The van der Waals surface area contributed by atoms with Crippen LogP contribution in [0.1, 0.15) is 32.3 Å². The van der Waals surface area contributed by atoms with Crippen LogP contribution in [0.5, 0.6) is 5.75 Å². The highest BCUT2D eigenvalue weighted by molar-refractivity contribution is 5.82. The van der Waals surface area contributed by atoms with Gasteiger partial charge in [-0.25, -0.2) is 0 Å². The minimum absolute atomic E-state index is 0.0114. The summed E-state index contributed by atoms with van der Waals surface area (Å²) in [4.78, 5) is 29.8. The molecule has 0 aliphatic carbocycles. The number of methoxy groups -OCH3 is 1. The molecule has 1 aliphatic rings. The maximum absolute atomic E-state index is 12.7. The van der Waals surface area contributed by atoms with Crippen molar-refractivity contribution in [1.82, 2.24) is 9.88 Å². The van der Waals surface area contributed by atoms with E-state index in [0.717, 1.165) is 23.7 Å². The topological polar surface area (TPSA) is 71.6 Å². The zero-order valence-electron chi connectivity index (χ0n) is 14.9. The first-order valence-electron chi connectivity index (χ1n) is 8.61. The number of carbonyl (C=O) groups excluding carboxylic acids is 1. The van der Waals surface area contributed by atoms with Gasteiger partial charge >= 0.3 is 0 Å². The van der Waals surface area contributed by atoms with Crippen molar-refractivity contribution in [3.05, 3.63) is 40.2 Å². The van der Waals surface area contributed by atoms with Gasteiger partial charge in [-0.15, -0.1) is 0 Å². The highest BCUT2D eigenvalue weighted by Crippen LogP contribution is 2.21. The first-order chi connectivity index (χ1) is 12.0. The summed E-state index contributed by atoms with van der Waals surface area (Å²) in [5, 5.41) is 0.906. The molecule has 1 atom stereocenters. The third-order valence-corrected chi connectivity index (χ3v) is 4.58. The summed E-state index contributed by atoms with van der Waals surface area (Å²) < 4.78 is 10.7. The van der Waals surface area contributed by atoms with E-state index in [9.17, 15) is 9.59 Å². The number of benzene rings is 1. The number of hydrogen-bond acceptors (Lipinski definition) is 4. The molecular formula is C19H24N2O4. The van der Waals surface area contributed by atoms with Crippen molar-refractivity contribution in [1.29, 1.82) is 0 Å². The number of pyridine rings is 1. The number of hydrogen-bond donors (Lipinski definition) is 1. The van der Waals surface area contributed by atoms with Gasteiger partial charge in [0.15, 0.2) is 0 Å². The minimum Gasteiger partial charge on any atom is -0.497 e. The van der Waals surface area contributed by atoms with Crippen LogP contribution in [0.25, 0.3) is 10.9 Å². The molecule has 1 aromatic carbocycles. The maximum Gasteiger partial charge on any atom is 0.253 e. The van der Waals surface area contributed by atoms with Crippen LogP contribution in [0.3, 0.4) is 0 Å². The van der Waals surface area contributed by atoms with Gasteiger partial charge in [0.25, 0.3) is 11.5 Å². The maximum atomic E-state index is 12.7. The second kappa shape index (κ2) is 7.27. The normalized spacial score (nSPS) is 17.2. The van der Waals surface area contributed by atoms with Crippen molar-refractivity contribution in [2.45, 2.75) is 45.4 Å². The summed E-state index contributed by atoms with van der Waals surface area (Å²) in [6, 6.07) is 7.36. The molecule has 6 nitrogen and oxygen atoms in total. The van der Waals surface area contributed by atoms with E-state index < -0.39 is 0 Å². The molecule has 1 aliphatic heterocycles. The highest BCUT2D eigenvalue weighted by Gasteiger charge is 2.30. The molecule has 3 rings (SSSR count). The Morgan fingerprint density at radius 2 is 2.20 bits per heavy atom. The fourth-order valence-corrected chi connectivity index (χ4v) is 3.13. The van der Waals surface area contributed by atoms with Crippen LogP contribution in [0.15, 0.2) is 29.1 Å². The Bertz CT molecular complexity index is 822. The van der Waals surface area contributed by atoms with Crippen LogP contribution in [0.4, 0.5) is 0 Å². The molecule has 1 fully saturated rings. The van der Waals surface area contributed by atoms with Crippen LogP contribution in [0.2, 0.25) is 0 Å². The number of aromatic nitrogens is 1. The van der Waals surface area contributed by atoms with E-state index >= 15 is 0 Å². The third-order valence-electron chi connectivity index (χ3n) is 4.58. The van der Waals surface area contributed by atoms with E-state index in [1.807, 2.05) is 32.0 Å². The lowest BCUT2D eigenvalue weighted by atomic mass is 10.1. The first kappa shape index (κ1) is 17.5. The summed E-state index contributed by atoms with van der Waals surface area (Å²) >= 11 is 0. The summed E-state index contributed by atoms with van der Waals surface area (Å²) in [5.74, 6) is 0.648. The predicted octanol–water partition coefficient (Wildman–Crippen LogP) is 2.45. The molecular weight excluding hydrogens is 320 g/mol. The molecule has 1 N–H and O–H groups in total. The molecule has 1 saturated heterocycles. The molecule has 6 heteroatoms. The Labute approximate surface area is 146 Å². The van der Waals surface area contributed by atoms with E-state index in [2.05, 4.69) is 4.98 Å². The smallest absolute Gasteiger partial charge is 0.253 e. The van der Waals surface area contributed by atoms with Crippen LogP contribution >= 0.6 is 0 Å². The van der Waals surface area contributed by atoms with E-state index in [1.54, 1.807) is 18.1 Å². The zero-order chi connectivity index (χ0) is 18.0. The third kappa shape index (κ3) is 3.69. The van der Waals surface area contributed by atoms with Gasteiger partial charge in [0.05, 0.1) is 19.2 Å². The van der Waals surface area contributed by atoms with Crippen LogP contribution < -0.4 is 10.3 Å². The minimum atomic E-state index is -0.383. The number of rotatable bonds is 5. The van der Waals surface area contributed by atoms with Gasteiger partial charge in [0, 0.05) is 24.3 Å². The number of fused-ring (bicyclic) bond motifs is 1. The van der Waals surface area contributed by atoms with Crippen molar-refractivity contribution >= 4 is 16.8 Å². The quantitative estimate of drug-likeness (QED) is 0.904. The van der Waals surface area contributed by atoms with E-state index in [0.29, 0.717) is 17.9 Å². The first-order valence-corrected chi connectivity index (χ1v) is 8.61. The Morgan fingerprint density at radius 1 is 1.40 bits per heavy atom. The Kier molecular flexibility index (Phi) is 5.08. The number of H-pyrrole nitrogens is 1. The van der Waals surface area contributed by atoms with Crippen molar-refractivity contribution in [3.8, 4) is 5.75 Å². The van der Waals surface area contributed by atoms with Crippen molar-refractivity contribution in [2.75, 3.05) is 13.7 Å². The summed E-state index contributed by atoms with van der Waals surface area (Å²) in [7, 11) is 1.59. The van der Waals surface area contributed by atoms with Gasteiger partial charge in [0.1, 0.15) is 11.9 Å². The molecule has 2 heterocycles. The molecule has 2 aromatic rings. The van der Waals surface area contributed by atoms with E-state index in [-0.39, 0.29) is 30.2 Å². The largest absolute Gasteiger partial charge is 0.497 e. The second-order valence-corrected chi connectivity index (χ2v) is 6.64. The number of nitrogens with one attached hydrogen (secondary N) is 1. The number of nitrogens with zero attached hydrogens (tertiary/aromatic N) is 1. The van der Waals surface area contributed by atoms with Gasteiger partial charge in [-0.3, -0.25) is 9.59 Å². The number of ether oxygens (including phenoxy) is 2. The lowest BCUT2D eigenvalue weighted by Gasteiger charge is -2.29. The molecule has 0 saturated carbocycles. The summed E-state index contributed by atoms with van der Waals surface area (Å²) in [6.45, 7) is 4.80. The fraction of sp³-hybridized carbons (Fsp3) is 0.474. The average Bonchev–Trinajstić information content (AvgIpc) is 3.13. The average molecular weight is 344 g/mol. The predicted molar refractivity (Wildman–Crippen MR) is 95.8 cm³/mol. The Hall–Kier alpha value is -2.34. The lowest BCUT2D eigenvalue weighted by molar-refractivity contribution is -0.143. The fourth-order valence-electron chi connectivity index (χ4n) is 3.13. The van der Waals surface area contributed by atoms with Crippen molar-refractivity contribution < 1.29 is 14.3 Å². The molecule has 1 aromatic heterocycles. The lowest BCUT2D eigenvalue weighted by Crippen LogP contribution is -2.43. The molecule has 0 unspecified atom stereocenters. The van der Waals surface area contributed by atoms with Crippen LogP contribution in [-0.2, 0) is 16.1 Å². The molecule has 0 spiro atoms. The monoisotopic (exact) mass is 344 g/mol. The Balaban J connectivity index is 1.90. The standard InChI is InChI=1S/C19H24N2O4/c1-12(2)21(19(23)17-5-4-8-25-17)11-14-9-13-6-7-15(24-3)10-16(13)20-18(14)22/h6-7,9-10,12,17H,4-5,8,11H2,1-3H3,(H,20,22)/t17-/m1/s1. The second-order valence-electron chi connectivity index (χ2n) is 6.64. The van der Waals surface area contributed by atoms with E-state index in [4.69, 9.17) is 9.47 Å². The highest BCUT2D eigenvalue weighted by atomic mass is 16.5. The van der Waals surface area contributed by atoms with Crippen molar-refractivity contribution in [2.24, 2.45) is 0 Å². The Morgan fingerprint density at radius 3 is 2.84 bits per heavy atom. The molecule has 1 amide bonds. The van der Waals surface area contributed by atoms with E-state index in [1.165, 1.54) is 0 Å². The van der Waals surface area contributed by atoms with Crippen LogP contribution in [0, 0.1) is 0 Å². The van der Waals surface area contributed by atoms with Crippen molar-refractivity contribution in [3.63, 3.8) is 0 Å². The van der Waals surface area contributed by atoms with Gasteiger partial charge in [-0.1, -0.05) is 0 Å².